The lowest BCUT2D eigenvalue weighted by atomic mass is 10.5. The zero-order valence-electron chi connectivity index (χ0n) is 8.96. The van der Waals surface area contributed by atoms with Gasteiger partial charge >= 0.3 is 0 Å². The molecule has 0 aromatic carbocycles. The van der Waals surface area contributed by atoms with Gasteiger partial charge in [0.25, 0.3) is 10.0 Å². The number of hydrogen-bond acceptors (Lipinski definition) is 4. The molecule has 0 saturated heterocycles. The van der Waals surface area contributed by atoms with Crippen molar-refractivity contribution < 1.29 is 8.42 Å². The van der Waals surface area contributed by atoms with E-state index in [4.69, 9.17) is 11.6 Å². The molecule has 2 aromatic rings. The molecule has 0 aliphatic heterocycles. The minimum Gasteiger partial charge on any atom is -0.206 e. The maximum absolute atomic E-state index is 12.2. The highest BCUT2D eigenvalue weighted by Gasteiger charge is 2.22. The third-order valence-electron chi connectivity index (χ3n) is 2.17. The van der Waals surface area contributed by atoms with Crippen LogP contribution in [0.25, 0.3) is 0 Å². The van der Waals surface area contributed by atoms with Gasteiger partial charge in [-0.1, -0.05) is 17.7 Å². The zero-order chi connectivity index (χ0) is 12.5. The second-order valence-corrected chi connectivity index (χ2v) is 8.42. The summed E-state index contributed by atoms with van der Waals surface area (Å²) in [5, 5.41) is 1.93. The fourth-order valence-corrected chi connectivity index (χ4v) is 4.98. The predicted molar refractivity (Wildman–Crippen MR) is 72.3 cm³/mol. The molecule has 0 amide bonds. The Bertz CT molecular complexity index is 589. The van der Waals surface area contributed by atoms with E-state index in [9.17, 15) is 8.42 Å². The molecule has 2 aromatic heterocycles. The first-order chi connectivity index (χ1) is 8.00. The molecule has 7 heteroatoms. The van der Waals surface area contributed by atoms with Crippen molar-refractivity contribution in [3.05, 3.63) is 38.9 Å². The molecular formula is C10H10ClNO2S3. The van der Waals surface area contributed by atoms with Gasteiger partial charge in [0.15, 0.2) is 0 Å². The highest BCUT2D eigenvalue weighted by atomic mass is 35.5. The van der Waals surface area contributed by atoms with Gasteiger partial charge in [-0.05, 0) is 23.6 Å². The normalized spacial score (nSPS) is 12.2. The molecule has 92 valence electrons. The minimum atomic E-state index is -3.42. The first-order valence-corrected chi connectivity index (χ1v) is 8.25. The molecular weight excluding hydrogens is 298 g/mol. The Hall–Kier alpha value is -0.400. The number of thiophene rings is 2. The Morgan fingerprint density at radius 2 is 2.12 bits per heavy atom. The van der Waals surface area contributed by atoms with Crippen molar-refractivity contribution in [1.29, 1.82) is 0 Å². The molecule has 2 rings (SSSR count). The van der Waals surface area contributed by atoms with E-state index < -0.39 is 10.0 Å². The quantitative estimate of drug-likeness (QED) is 0.869. The van der Waals surface area contributed by atoms with Crippen LogP contribution in [0.3, 0.4) is 0 Å². The number of rotatable bonds is 4. The number of sulfonamides is 1. The molecule has 0 aliphatic rings. The summed E-state index contributed by atoms with van der Waals surface area (Å²) in [5.41, 5.74) is 0. The fourth-order valence-electron chi connectivity index (χ4n) is 1.30. The Morgan fingerprint density at radius 1 is 1.35 bits per heavy atom. The van der Waals surface area contributed by atoms with Crippen LogP contribution in [0.2, 0.25) is 4.34 Å². The Balaban J connectivity index is 2.21. The predicted octanol–water partition coefficient (Wildman–Crippen LogP) is 3.28. The third kappa shape index (κ3) is 2.89. The minimum absolute atomic E-state index is 0.279. The highest BCUT2D eigenvalue weighted by Crippen LogP contribution is 2.28. The van der Waals surface area contributed by atoms with E-state index in [-0.39, 0.29) is 4.21 Å². The summed E-state index contributed by atoms with van der Waals surface area (Å²) >= 11 is 8.37. The van der Waals surface area contributed by atoms with E-state index in [1.165, 1.54) is 21.7 Å². The van der Waals surface area contributed by atoms with E-state index >= 15 is 0 Å². The molecule has 0 unspecified atom stereocenters. The highest BCUT2D eigenvalue weighted by molar-refractivity contribution is 7.91. The number of nitrogens with zero attached hydrogens (tertiary/aromatic N) is 1. The largest absolute Gasteiger partial charge is 0.252 e. The van der Waals surface area contributed by atoms with Crippen molar-refractivity contribution in [3.8, 4) is 0 Å². The SMILES string of the molecule is CN(Cc1cccs1)S(=O)(=O)c1ccc(Cl)s1. The molecule has 17 heavy (non-hydrogen) atoms. The second-order valence-electron chi connectivity index (χ2n) is 3.40. The van der Waals surface area contributed by atoms with Gasteiger partial charge < -0.3 is 0 Å². The van der Waals surface area contributed by atoms with Crippen molar-refractivity contribution in [2.45, 2.75) is 10.8 Å². The van der Waals surface area contributed by atoms with E-state index in [0.717, 1.165) is 16.2 Å². The van der Waals surface area contributed by atoms with Crippen LogP contribution in [0.1, 0.15) is 4.88 Å². The molecule has 0 bridgehead atoms. The molecule has 3 nitrogen and oxygen atoms in total. The average molecular weight is 308 g/mol. The first kappa shape index (κ1) is 13.0. The molecule has 0 radical (unpaired) electrons. The van der Waals surface area contributed by atoms with Gasteiger partial charge in [0.1, 0.15) is 4.21 Å². The van der Waals surface area contributed by atoms with Crippen LogP contribution in [0.15, 0.2) is 33.9 Å². The van der Waals surface area contributed by atoms with Crippen LogP contribution >= 0.6 is 34.3 Å². The lowest BCUT2D eigenvalue weighted by molar-refractivity contribution is 0.471. The maximum Gasteiger partial charge on any atom is 0.252 e. The maximum atomic E-state index is 12.2. The molecule has 0 spiro atoms. The van der Waals surface area contributed by atoms with Crippen molar-refractivity contribution in [1.82, 2.24) is 4.31 Å². The molecule has 0 aliphatic carbocycles. The van der Waals surface area contributed by atoms with Gasteiger partial charge in [0.05, 0.1) is 4.34 Å². The van der Waals surface area contributed by atoms with Crippen molar-refractivity contribution in [3.63, 3.8) is 0 Å². The van der Waals surface area contributed by atoms with Crippen molar-refractivity contribution >= 4 is 44.3 Å². The summed E-state index contributed by atoms with van der Waals surface area (Å²) in [7, 11) is -1.85. The van der Waals surface area contributed by atoms with E-state index in [2.05, 4.69) is 0 Å². The number of halogens is 1. The Labute approximate surface area is 113 Å². The first-order valence-electron chi connectivity index (χ1n) is 4.74. The Kier molecular flexibility index (Phi) is 3.89. The van der Waals surface area contributed by atoms with Gasteiger partial charge in [0, 0.05) is 18.5 Å². The van der Waals surface area contributed by atoms with Gasteiger partial charge in [-0.25, -0.2) is 8.42 Å². The topological polar surface area (TPSA) is 37.4 Å². The summed E-state index contributed by atoms with van der Waals surface area (Å²) in [6, 6.07) is 6.95. The van der Waals surface area contributed by atoms with Crippen LogP contribution in [-0.4, -0.2) is 19.8 Å². The van der Waals surface area contributed by atoms with Crippen LogP contribution < -0.4 is 0 Å². The summed E-state index contributed by atoms with van der Waals surface area (Å²) < 4.78 is 26.4. The van der Waals surface area contributed by atoms with Crippen LogP contribution in [-0.2, 0) is 16.6 Å². The molecule has 0 atom stereocenters. The van der Waals surface area contributed by atoms with Crippen LogP contribution in [0.5, 0.6) is 0 Å². The standard InChI is InChI=1S/C10H10ClNO2S3/c1-12(7-8-3-2-6-15-8)17(13,14)10-5-4-9(11)16-10/h2-6H,7H2,1H3. The molecule has 2 heterocycles. The summed E-state index contributed by atoms with van der Waals surface area (Å²) in [4.78, 5) is 1.01. The van der Waals surface area contributed by atoms with Gasteiger partial charge in [-0.3, -0.25) is 0 Å². The third-order valence-corrected chi connectivity index (χ3v) is 6.53. The van der Waals surface area contributed by atoms with Crippen molar-refractivity contribution in [2.75, 3.05) is 7.05 Å². The summed E-state index contributed by atoms with van der Waals surface area (Å²) in [6.07, 6.45) is 0. The van der Waals surface area contributed by atoms with Gasteiger partial charge in [-0.2, -0.15) is 4.31 Å². The van der Waals surface area contributed by atoms with Gasteiger partial charge in [-0.15, -0.1) is 22.7 Å². The second kappa shape index (κ2) is 5.07. The summed E-state index contributed by atoms with van der Waals surface area (Å²) in [5.74, 6) is 0. The van der Waals surface area contributed by atoms with Gasteiger partial charge in [0.2, 0.25) is 0 Å². The lowest BCUT2D eigenvalue weighted by Gasteiger charge is -2.14. The monoisotopic (exact) mass is 307 g/mol. The van der Waals surface area contributed by atoms with Crippen LogP contribution in [0, 0.1) is 0 Å². The molecule has 0 saturated carbocycles. The Morgan fingerprint density at radius 3 is 2.65 bits per heavy atom. The van der Waals surface area contributed by atoms with Crippen molar-refractivity contribution in [2.24, 2.45) is 0 Å². The smallest absolute Gasteiger partial charge is 0.206 e. The lowest BCUT2D eigenvalue weighted by Crippen LogP contribution is -2.25. The summed E-state index contributed by atoms with van der Waals surface area (Å²) in [6.45, 7) is 0.384. The zero-order valence-corrected chi connectivity index (χ0v) is 12.2. The molecule has 0 fully saturated rings. The van der Waals surface area contributed by atoms with Crippen LogP contribution in [0.4, 0.5) is 0 Å². The van der Waals surface area contributed by atoms with E-state index in [1.807, 2.05) is 17.5 Å². The number of hydrogen-bond donors (Lipinski definition) is 0. The average Bonchev–Trinajstić information content (AvgIpc) is 2.89. The fraction of sp³-hybridized carbons (Fsp3) is 0.200. The van der Waals surface area contributed by atoms with E-state index in [0.29, 0.717) is 10.9 Å². The van der Waals surface area contributed by atoms with E-state index in [1.54, 1.807) is 13.1 Å². The molecule has 0 N–H and O–H groups in total.